The molecule has 1 aromatic rings. The fraction of sp³-hybridized carbons (Fsp3) is 0.643. The smallest absolute Gasteiger partial charge is 0.390 e. The Kier molecular flexibility index (Phi) is 4.89. The third-order valence-electron chi connectivity index (χ3n) is 4.39. The number of piperidine rings is 1. The van der Waals surface area contributed by atoms with Crippen LogP contribution >= 0.6 is 12.4 Å². The van der Waals surface area contributed by atoms with Crippen LogP contribution in [0.1, 0.15) is 24.8 Å². The minimum atomic E-state index is -4.21. The molecule has 4 nitrogen and oxygen atoms in total. The van der Waals surface area contributed by atoms with Gasteiger partial charge in [-0.2, -0.15) is 13.2 Å². The first-order valence-corrected chi connectivity index (χ1v) is 7.11. The Labute approximate surface area is 132 Å². The van der Waals surface area contributed by atoms with E-state index in [4.69, 9.17) is 0 Å². The molecule has 1 saturated heterocycles. The van der Waals surface area contributed by atoms with E-state index in [1.807, 2.05) is 0 Å². The number of anilines is 1. The largest absolute Gasteiger partial charge is 0.398 e. The molecule has 0 radical (unpaired) electrons. The van der Waals surface area contributed by atoms with Crippen molar-refractivity contribution >= 4 is 18.2 Å². The molecule has 0 aromatic carbocycles. The van der Waals surface area contributed by atoms with Crippen LogP contribution in [-0.2, 0) is 5.41 Å². The molecule has 1 aliphatic heterocycles. The molecule has 0 spiro atoms. The van der Waals surface area contributed by atoms with Crippen LogP contribution in [0.15, 0.2) is 18.3 Å². The Morgan fingerprint density at radius 1 is 1.32 bits per heavy atom. The van der Waals surface area contributed by atoms with Crippen molar-refractivity contribution in [2.24, 2.45) is 0 Å². The van der Waals surface area contributed by atoms with Crippen molar-refractivity contribution in [3.63, 3.8) is 0 Å². The normalized spacial score (nSPS) is 26.9. The highest BCUT2D eigenvalue weighted by Crippen LogP contribution is 2.58. The maximum Gasteiger partial charge on any atom is 0.398 e. The van der Waals surface area contributed by atoms with Crippen molar-refractivity contribution in [2.45, 2.75) is 43.0 Å². The molecule has 124 valence electrons. The Morgan fingerprint density at radius 3 is 2.55 bits per heavy atom. The van der Waals surface area contributed by atoms with E-state index in [2.05, 4.69) is 15.6 Å². The first-order chi connectivity index (χ1) is 9.92. The molecule has 2 aliphatic rings. The number of rotatable bonds is 3. The lowest BCUT2D eigenvalue weighted by molar-refractivity contribution is -0.160. The van der Waals surface area contributed by atoms with E-state index in [9.17, 15) is 18.3 Å². The Bertz CT molecular complexity index is 505. The number of hydrogen-bond donors (Lipinski definition) is 3. The van der Waals surface area contributed by atoms with Gasteiger partial charge in [0.2, 0.25) is 0 Å². The predicted molar refractivity (Wildman–Crippen MR) is 79.4 cm³/mol. The van der Waals surface area contributed by atoms with Crippen molar-refractivity contribution < 1.29 is 18.3 Å². The van der Waals surface area contributed by atoms with Gasteiger partial charge in [0.1, 0.15) is 5.82 Å². The van der Waals surface area contributed by atoms with Gasteiger partial charge in [-0.05, 0) is 37.4 Å². The molecule has 2 atom stereocenters. The van der Waals surface area contributed by atoms with Crippen LogP contribution in [0.25, 0.3) is 0 Å². The summed E-state index contributed by atoms with van der Waals surface area (Å²) >= 11 is 0. The SMILES string of the molecule is Cl.O[C@H]1CNCC[C@H]1Nc1ccc(C2(C(F)(F)F)CC2)cn1. The fourth-order valence-corrected chi connectivity index (χ4v) is 2.82. The van der Waals surface area contributed by atoms with Crippen LogP contribution in [0.5, 0.6) is 0 Å². The van der Waals surface area contributed by atoms with Crippen LogP contribution in [0.2, 0.25) is 0 Å². The molecule has 1 aliphatic carbocycles. The fourth-order valence-electron chi connectivity index (χ4n) is 2.82. The van der Waals surface area contributed by atoms with Crippen molar-refractivity contribution in [2.75, 3.05) is 18.4 Å². The second-order valence-electron chi connectivity index (χ2n) is 5.82. The molecule has 2 fully saturated rings. The molecule has 0 amide bonds. The lowest BCUT2D eigenvalue weighted by atomic mass is 9.97. The number of hydrogen-bond acceptors (Lipinski definition) is 4. The lowest BCUT2D eigenvalue weighted by Gasteiger charge is -2.29. The second kappa shape index (κ2) is 6.22. The van der Waals surface area contributed by atoms with Gasteiger partial charge < -0.3 is 15.7 Å². The van der Waals surface area contributed by atoms with Crippen LogP contribution in [0.4, 0.5) is 19.0 Å². The average molecular weight is 338 g/mol. The lowest BCUT2D eigenvalue weighted by Crippen LogP contribution is -2.47. The zero-order chi connectivity index (χ0) is 15.1. The highest BCUT2D eigenvalue weighted by molar-refractivity contribution is 5.85. The first kappa shape index (κ1) is 17.3. The number of aliphatic hydroxyl groups excluding tert-OH is 1. The van der Waals surface area contributed by atoms with E-state index >= 15 is 0 Å². The number of alkyl halides is 3. The topological polar surface area (TPSA) is 57.2 Å². The van der Waals surface area contributed by atoms with Crippen molar-refractivity contribution in [3.8, 4) is 0 Å². The number of halogens is 4. The minimum Gasteiger partial charge on any atom is -0.390 e. The predicted octanol–water partition coefficient (Wildman–Crippen LogP) is 2.23. The van der Waals surface area contributed by atoms with E-state index in [0.29, 0.717) is 12.4 Å². The summed E-state index contributed by atoms with van der Waals surface area (Å²) in [5.74, 6) is 0.502. The van der Waals surface area contributed by atoms with Crippen molar-refractivity contribution in [1.29, 1.82) is 0 Å². The summed E-state index contributed by atoms with van der Waals surface area (Å²) in [5, 5.41) is 16.0. The summed E-state index contributed by atoms with van der Waals surface area (Å²) in [6.07, 6.45) is -2.41. The third-order valence-corrected chi connectivity index (χ3v) is 4.39. The molecule has 22 heavy (non-hydrogen) atoms. The van der Waals surface area contributed by atoms with Crippen molar-refractivity contribution in [3.05, 3.63) is 23.9 Å². The highest BCUT2D eigenvalue weighted by Gasteiger charge is 2.64. The second-order valence-corrected chi connectivity index (χ2v) is 5.82. The number of nitrogens with one attached hydrogen (secondary N) is 2. The summed E-state index contributed by atoms with van der Waals surface area (Å²) in [6.45, 7) is 1.30. The van der Waals surface area contributed by atoms with Crippen LogP contribution < -0.4 is 10.6 Å². The van der Waals surface area contributed by atoms with E-state index in [-0.39, 0.29) is 36.9 Å². The molecule has 1 saturated carbocycles. The summed E-state index contributed by atoms with van der Waals surface area (Å²) in [5.41, 5.74) is -1.46. The standard InChI is InChI=1S/C14H18F3N3O.ClH/c15-14(16,17)13(4-5-13)9-1-2-12(19-7-9)20-10-3-6-18-8-11(10)21;/h1-2,7,10-11,18,21H,3-6,8H2,(H,19,20);1H/t10-,11+;/m1./s1. The van der Waals surface area contributed by atoms with Gasteiger partial charge in [-0.25, -0.2) is 4.98 Å². The maximum absolute atomic E-state index is 13.0. The number of β-amino-alcohol motifs (C(OH)–C–C–N with tert-alkyl or cyclic N) is 1. The van der Waals surface area contributed by atoms with Crippen molar-refractivity contribution in [1.82, 2.24) is 10.3 Å². The van der Waals surface area contributed by atoms with Gasteiger partial charge in [-0.1, -0.05) is 6.07 Å². The maximum atomic E-state index is 13.0. The van der Waals surface area contributed by atoms with Gasteiger partial charge in [0.05, 0.1) is 17.6 Å². The Balaban J connectivity index is 0.00000176. The number of pyridine rings is 1. The van der Waals surface area contributed by atoms with Gasteiger partial charge >= 0.3 is 6.18 Å². The molecule has 3 N–H and O–H groups in total. The van der Waals surface area contributed by atoms with Crippen LogP contribution in [0, 0.1) is 0 Å². The highest BCUT2D eigenvalue weighted by atomic mass is 35.5. The van der Waals surface area contributed by atoms with Gasteiger partial charge in [-0.15, -0.1) is 12.4 Å². The van der Waals surface area contributed by atoms with Gasteiger partial charge in [0.15, 0.2) is 0 Å². The van der Waals surface area contributed by atoms with E-state index in [0.717, 1.165) is 13.0 Å². The van der Waals surface area contributed by atoms with E-state index in [1.54, 1.807) is 6.07 Å². The zero-order valence-electron chi connectivity index (χ0n) is 11.9. The molecule has 0 unspecified atom stereocenters. The monoisotopic (exact) mass is 337 g/mol. The quantitative estimate of drug-likeness (QED) is 0.791. The molecule has 8 heteroatoms. The Hall–Kier alpha value is -1.05. The summed E-state index contributed by atoms with van der Waals surface area (Å²) in [7, 11) is 0. The summed E-state index contributed by atoms with van der Waals surface area (Å²) in [4.78, 5) is 4.08. The molecular weight excluding hydrogens is 319 g/mol. The van der Waals surface area contributed by atoms with Gasteiger partial charge in [0.25, 0.3) is 0 Å². The summed E-state index contributed by atoms with van der Waals surface area (Å²) < 4.78 is 39.1. The zero-order valence-corrected chi connectivity index (χ0v) is 12.7. The molecule has 1 aromatic heterocycles. The molecule has 0 bridgehead atoms. The average Bonchev–Trinajstić information content (AvgIpc) is 3.23. The number of aliphatic hydroxyl groups is 1. The van der Waals surface area contributed by atoms with Gasteiger partial charge in [0, 0.05) is 12.7 Å². The van der Waals surface area contributed by atoms with Gasteiger partial charge in [-0.3, -0.25) is 0 Å². The first-order valence-electron chi connectivity index (χ1n) is 7.11. The molecular formula is C14H19ClF3N3O. The van der Waals surface area contributed by atoms with E-state index in [1.165, 1.54) is 12.3 Å². The van der Waals surface area contributed by atoms with E-state index < -0.39 is 17.7 Å². The minimum absolute atomic E-state index is 0. The van der Waals surface area contributed by atoms with Crippen LogP contribution in [0.3, 0.4) is 0 Å². The third kappa shape index (κ3) is 3.16. The Morgan fingerprint density at radius 2 is 2.05 bits per heavy atom. The summed E-state index contributed by atoms with van der Waals surface area (Å²) in [6, 6.07) is 2.93. The molecule has 3 rings (SSSR count). The number of aromatic nitrogens is 1. The molecule has 2 heterocycles. The van der Waals surface area contributed by atoms with Crippen LogP contribution in [-0.4, -0.2) is 41.5 Å². The number of nitrogens with zero attached hydrogens (tertiary/aromatic N) is 1.